The van der Waals surface area contributed by atoms with E-state index in [2.05, 4.69) is 29.8 Å². The first-order valence-corrected chi connectivity index (χ1v) is 7.20. The second-order valence-electron chi connectivity index (χ2n) is 4.46. The third-order valence-corrected chi connectivity index (χ3v) is 3.88. The Kier molecular flexibility index (Phi) is 4.27. The van der Waals surface area contributed by atoms with Gasteiger partial charge in [0.25, 0.3) is 0 Å². The minimum Gasteiger partial charge on any atom is -0.490 e. The van der Waals surface area contributed by atoms with Crippen LogP contribution in [-0.4, -0.2) is 19.1 Å². The Balaban J connectivity index is 2.32. The van der Waals surface area contributed by atoms with Crippen LogP contribution in [0.25, 0.3) is 0 Å². The average molecular weight is 312 g/mol. The number of carbonyl (C=O) groups excluding carboxylic acids is 1. The van der Waals surface area contributed by atoms with E-state index in [0.29, 0.717) is 13.2 Å². The third kappa shape index (κ3) is 2.53. The van der Waals surface area contributed by atoms with Crippen LogP contribution in [0.5, 0.6) is 5.75 Å². The van der Waals surface area contributed by atoms with Crippen LogP contribution in [-0.2, 0) is 4.79 Å². The summed E-state index contributed by atoms with van der Waals surface area (Å²) < 4.78 is 6.56. The van der Waals surface area contributed by atoms with E-state index in [-0.39, 0.29) is 11.8 Å². The smallest absolute Gasteiger partial charge is 0.230 e. The molecule has 0 aromatic heterocycles. The van der Waals surface area contributed by atoms with Crippen LogP contribution in [0.1, 0.15) is 26.7 Å². The molecule has 1 aliphatic heterocycles. The Hall–Kier alpha value is -1.03. The second kappa shape index (κ2) is 5.74. The molecule has 0 N–H and O–H groups in total. The zero-order chi connectivity index (χ0) is 13.1. The highest BCUT2D eigenvalue weighted by molar-refractivity contribution is 9.10. The molecular weight excluding hydrogens is 294 g/mol. The molecular formula is C14H18BrNO2. The van der Waals surface area contributed by atoms with E-state index in [1.165, 1.54) is 0 Å². The van der Waals surface area contributed by atoms with E-state index >= 15 is 0 Å². The highest BCUT2D eigenvalue weighted by Gasteiger charge is 2.27. The lowest BCUT2D eigenvalue weighted by atomic mass is 10.0. The number of hydrogen-bond acceptors (Lipinski definition) is 2. The van der Waals surface area contributed by atoms with Gasteiger partial charge < -0.3 is 9.64 Å². The fraction of sp³-hybridized carbons (Fsp3) is 0.500. The zero-order valence-corrected chi connectivity index (χ0v) is 12.4. The fourth-order valence-electron chi connectivity index (χ4n) is 2.28. The van der Waals surface area contributed by atoms with Gasteiger partial charge in [-0.05, 0) is 31.0 Å². The van der Waals surface area contributed by atoms with Crippen LogP contribution in [0.2, 0.25) is 0 Å². The van der Waals surface area contributed by atoms with Gasteiger partial charge in [-0.3, -0.25) is 4.79 Å². The standard InChI is InChI=1S/C14H18BrNO2/c1-3-10(4-2)14(17)16-7-8-18-13-6-5-11(15)9-12(13)16/h5-6,9-10H,3-4,7-8H2,1-2H3. The molecule has 0 bridgehead atoms. The zero-order valence-electron chi connectivity index (χ0n) is 10.8. The van der Waals surface area contributed by atoms with Crippen molar-refractivity contribution < 1.29 is 9.53 Å². The molecule has 1 aromatic carbocycles. The van der Waals surface area contributed by atoms with Gasteiger partial charge in [0.1, 0.15) is 12.4 Å². The predicted octanol–water partition coefficient (Wildman–Crippen LogP) is 3.61. The van der Waals surface area contributed by atoms with Gasteiger partial charge in [-0.1, -0.05) is 29.8 Å². The second-order valence-corrected chi connectivity index (χ2v) is 5.38. The lowest BCUT2D eigenvalue weighted by Gasteiger charge is -2.32. The van der Waals surface area contributed by atoms with Crippen LogP contribution in [0.4, 0.5) is 5.69 Å². The van der Waals surface area contributed by atoms with Gasteiger partial charge in [0.05, 0.1) is 12.2 Å². The maximum atomic E-state index is 12.5. The summed E-state index contributed by atoms with van der Waals surface area (Å²) in [6.45, 7) is 5.34. The summed E-state index contributed by atoms with van der Waals surface area (Å²) >= 11 is 3.44. The van der Waals surface area contributed by atoms with Gasteiger partial charge in [0.15, 0.2) is 0 Å². The molecule has 0 atom stereocenters. The van der Waals surface area contributed by atoms with Crippen LogP contribution in [0.3, 0.4) is 0 Å². The van der Waals surface area contributed by atoms with Crippen molar-refractivity contribution in [3.8, 4) is 5.75 Å². The molecule has 98 valence electrons. The molecule has 0 spiro atoms. The van der Waals surface area contributed by atoms with Gasteiger partial charge >= 0.3 is 0 Å². The topological polar surface area (TPSA) is 29.5 Å². The van der Waals surface area contributed by atoms with E-state index in [1.54, 1.807) is 0 Å². The lowest BCUT2D eigenvalue weighted by Crippen LogP contribution is -2.41. The quantitative estimate of drug-likeness (QED) is 0.853. The Morgan fingerprint density at radius 1 is 1.44 bits per heavy atom. The summed E-state index contributed by atoms with van der Waals surface area (Å²) in [5, 5.41) is 0. The Morgan fingerprint density at radius 3 is 2.83 bits per heavy atom. The molecule has 0 radical (unpaired) electrons. The molecule has 0 saturated carbocycles. The summed E-state index contributed by atoms with van der Waals surface area (Å²) in [5.74, 6) is 1.11. The van der Waals surface area contributed by atoms with Gasteiger partial charge in [0.2, 0.25) is 5.91 Å². The third-order valence-electron chi connectivity index (χ3n) is 3.39. The maximum absolute atomic E-state index is 12.5. The van der Waals surface area contributed by atoms with Crippen molar-refractivity contribution in [2.45, 2.75) is 26.7 Å². The van der Waals surface area contributed by atoms with Crippen molar-refractivity contribution in [1.29, 1.82) is 0 Å². The molecule has 4 heteroatoms. The van der Waals surface area contributed by atoms with Gasteiger partial charge in [-0.2, -0.15) is 0 Å². The number of halogens is 1. The summed E-state index contributed by atoms with van der Waals surface area (Å²) in [6, 6.07) is 5.80. The number of nitrogens with zero attached hydrogens (tertiary/aromatic N) is 1. The van der Waals surface area contributed by atoms with Crippen molar-refractivity contribution >= 4 is 27.5 Å². The van der Waals surface area contributed by atoms with Gasteiger partial charge in [-0.15, -0.1) is 0 Å². The highest BCUT2D eigenvalue weighted by Crippen LogP contribution is 2.35. The van der Waals surface area contributed by atoms with Crippen LogP contribution >= 0.6 is 15.9 Å². The highest BCUT2D eigenvalue weighted by atomic mass is 79.9. The first kappa shape index (κ1) is 13.4. The SMILES string of the molecule is CCC(CC)C(=O)N1CCOc2ccc(Br)cc21. The molecule has 0 unspecified atom stereocenters. The molecule has 2 rings (SSSR count). The molecule has 1 heterocycles. The first-order chi connectivity index (χ1) is 8.67. The van der Waals surface area contributed by atoms with E-state index in [1.807, 2.05) is 23.1 Å². The fourth-order valence-corrected chi connectivity index (χ4v) is 2.63. The Morgan fingerprint density at radius 2 is 2.17 bits per heavy atom. The van der Waals surface area contributed by atoms with E-state index in [9.17, 15) is 4.79 Å². The van der Waals surface area contributed by atoms with E-state index < -0.39 is 0 Å². The summed E-state index contributed by atoms with van der Waals surface area (Å²) in [5.41, 5.74) is 0.882. The maximum Gasteiger partial charge on any atom is 0.230 e. The lowest BCUT2D eigenvalue weighted by molar-refractivity contribution is -0.122. The molecule has 18 heavy (non-hydrogen) atoms. The van der Waals surface area contributed by atoms with E-state index in [0.717, 1.165) is 28.8 Å². The van der Waals surface area contributed by atoms with Crippen molar-refractivity contribution in [2.24, 2.45) is 5.92 Å². The minimum atomic E-state index is 0.106. The number of fused-ring (bicyclic) bond motifs is 1. The average Bonchev–Trinajstić information content (AvgIpc) is 2.39. The molecule has 1 amide bonds. The van der Waals surface area contributed by atoms with Crippen LogP contribution in [0, 0.1) is 5.92 Å². The van der Waals surface area contributed by atoms with Gasteiger partial charge in [0, 0.05) is 10.4 Å². The number of amides is 1. The molecule has 1 aromatic rings. The van der Waals surface area contributed by atoms with E-state index in [4.69, 9.17) is 4.74 Å². The minimum absolute atomic E-state index is 0.106. The number of hydrogen-bond donors (Lipinski definition) is 0. The molecule has 0 aliphatic carbocycles. The summed E-state index contributed by atoms with van der Waals surface area (Å²) in [7, 11) is 0. The molecule has 0 fully saturated rings. The molecule has 1 aliphatic rings. The number of anilines is 1. The van der Waals surface area contributed by atoms with Crippen molar-refractivity contribution in [1.82, 2.24) is 0 Å². The summed E-state index contributed by atoms with van der Waals surface area (Å²) in [6.07, 6.45) is 1.77. The first-order valence-electron chi connectivity index (χ1n) is 6.41. The van der Waals surface area contributed by atoms with Crippen LogP contribution in [0.15, 0.2) is 22.7 Å². The summed E-state index contributed by atoms with van der Waals surface area (Å²) in [4.78, 5) is 14.4. The van der Waals surface area contributed by atoms with Crippen molar-refractivity contribution in [3.63, 3.8) is 0 Å². The van der Waals surface area contributed by atoms with Crippen molar-refractivity contribution in [2.75, 3.05) is 18.1 Å². The Labute approximate surface area is 116 Å². The van der Waals surface area contributed by atoms with Gasteiger partial charge in [-0.25, -0.2) is 0 Å². The monoisotopic (exact) mass is 311 g/mol. The number of benzene rings is 1. The molecule has 3 nitrogen and oxygen atoms in total. The largest absolute Gasteiger partial charge is 0.490 e. The Bertz CT molecular complexity index is 443. The van der Waals surface area contributed by atoms with Crippen molar-refractivity contribution in [3.05, 3.63) is 22.7 Å². The number of ether oxygens (including phenoxy) is 1. The normalized spacial score (nSPS) is 14.3. The number of rotatable bonds is 3. The van der Waals surface area contributed by atoms with Crippen LogP contribution < -0.4 is 9.64 Å². The molecule has 0 saturated heterocycles. The number of carbonyl (C=O) groups is 1. The predicted molar refractivity (Wildman–Crippen MR) is 76.1 cm³/mol.